The summed E-state index contributed by atoms with van der Waals surface area (Å²) >= 11 is 0. The number of carbonyl (C=O) groups excluding carboxylic acids is 1. The summed E-state index contributed by atoms with van der Waals surface area (Å²) in [5.74, 6) is 0.121. The van der Waals surface area contributed by atoms with Crippen LogP contribution in [-0.2, 0) is 13.6 Å². The average Bonchev–Trinajstić information content (AvgIpc) is 3.37. The Bertz CT molecular complexity index is 1010. The van der Waals surface area contributed by atoms with Gasteiger partial charge in [-0.1, -0.05) is 0 Å². The second-order valence-electron chi connectivity index (χ2n) is 7.57. The highest BCUT2D eigenvalue weighted by molar-refractivity contribution is 5.99. The van der Waals surface area contributed by atoms with Crippen LogP contribution >= 0.6 is 0 Å². The molecule has 2 heterocycles. The topological polar surface area (TPSA) is 53.9 Å². The average molecular weight is 350 g/mol. The SMILES string of the molecule is Cc1nn(C)c(C)c1CN(C(=O)c1ccc2[nH]c(C)c(C)c2c1)C1CC1. The van der Waals surface area contributed by atoms with Gasteiger partial charge in [-0.15, -0.1) is 0 Å². The fraction of sp³-hybridized carbons (Fsp3) is 0.429. The monoisotopic (exact) mass is 350 g/mol. The number of H-pyrrole nitrogens is 1. The highest BCUT2D eigenvalue weighted by Crippen LogP contribution is 2.32. The van der Waals surface area contributed by atoms with Crippen LogP contribution in [0, 0.1) is 27.7 Å². The Morgan fingerprint density at radius 2 is 2.00 bits per heavy atom. The number of rotatable bonds is 4. The van der Waals surface area contributed by atoms with Crippen molar-refractivity contribution < 1.29 is 4.79 Å². The maximum atomic E-state index is 13.3. The first-order valence-electron chi connectivity index (χ1n) is 9.25. The fourth-order valence-electron chi connectivity index (χ4n) is 3.73. The minimum Gasteiger partial charge on any atom is -0.358 e. The molecule has 1 aliphatic carbocycles. The molecule has 2 aromatic heterocycles. The van der Waals surface area contributed by atoms with Crippen LogP contribution in [0.15, 0.2) is 18.2 Å². The predicted octanol–water partition coefficient (Wildman–Crippen LogP) is 3.94. The van der Waals surface area contributed by atoms with E-state index in [4.69, 9.17) is 0 Å². The third-order valence-corrected chi connectivity index (χ3v) is 5.79. The fourth-order valence-corrected chi connectivity index (χ4v) is 3.73. The molecule has 1 fully saturated rings. The third-order valence-electron chi connectivity index (χ3n) is 5.79. The predicted molar refractivity (Wildman–Crippen MR) is 103 cm³/mol. The maximum absolute atomic E-state index is 13.3. The van der Waals surface area contributed by atoms with E-state index >= 15 is 0 Å². The van der Waals surface area contributed by atoms with Crippen LogP contribution < -0.4 is 0 Å². The van der Waals surface area contributed by atoms with Crippen molar-refractivity contribution in [2.24, 2.45) is 7.05 Å². The standard InChI is InChI=1S/C21H26N4O/c1-12-13(2)22-20-9-6-16(10-18(12)20)21(26)25(17-7-8-17)11-19-14(3)23-24(5)15(19)4/h6,9-10,17,22H,7-8,11H2,1-5H3. The molecule has 5 nitrogen and oxygen atoms in total. The zero-order valence-corrected chi connectivity index (χ0v) is 16.2. The quantitative estimate of drug-likeness (QED) is 0.775. The molecule has 0 radical (unpaired) electrons. The lowest BCUT2D eigenvalue weighted by Crippen LogP contribution is -2.33. The maximum Gasteiger partial charge on any atom is 0.254 e. The molecule has 0 saturated heterocycles. The van der Waals surface area contributed by atoms with Gasteiger partial charge >= 0.3 is 0 Å². The Labute approximate surface area is 154 Å². The first kappa shape index (κ1) is 16.9. The van der Waals surface area contributed by atoms with Gasteiger partial charge in [0.1, 0.15) is 0 Å². The molecule has 0 atom stereocenters. The van der Waals surface area contributed by atoms with E-state index in [0.29, 0.717) is 12.6 Å². The van der Waals surface area contributed by atoms with Crippen LogP contribution in [-0.4, -0.2) is 31.6 Å². The van der Waals surface area contributed by atoms with E-state index in [-0.39, 0.29) is 5.91 Å². The minimum absolute atomic E-state index is 0.121. The van der Waals surface area contributed by atoms with Gasteiger partial charge in [-0.3, -0.25) is 9.48 Å². The van der Waals surface area contributed by atoms with Crippen molar-refractivity contribution in [2.75, 3.05) is 0 Å². The number of aromatic nitrogens is 3. The van der Waals surface area contributed by atoms with E-state index in [2.05, 4.69) is 30.9 Å². The number of fused-ring (bicyclic) bond motifs is 1. The van der Waals surface area contributed by atoms with E-state index in [1.807, 2.05) is 41.8 Å². The molecule has 1 aliphatic rings. The van der Waals surface area contributed by atoms with E-state index < -0.39 is 0 Å². The van der Waals surface area contributed by atoms with Crippen LogP contribution in [0.4, 0.5) is 0 Å². The number of amides is 1. The molecule has 5 heteroatoms. The van der Waals surface area contributed by atoms with Crippen LogP contribution in [0.1, 0.15) is 51.4 Å². The Kier molecular flexibility index (Phi) is 3.90. The number of carbonyl (C=O) groups is 1. The molecular weight excluding hydrogens is 324 g/mol. The highest BCUT2D eigenvalue weighted by Gasteiger charge is 2.34. The largest absolute Gasteiger partial charge is 0.358 e. The third kappa shape index (κ3) is 2.71. The van der Waals surface area contributed by atoms with Crippen molar-refractivity contribution >= 4 is 16.8 Å². The molecule has 0 spiro atoms. The van der Waals surface area contributed by atoms with Gasteiger partial charge in [-0.2, -0.15) is 5.10 Å². The van der Waals surface area contributed by atoms with E-state index in [0.717, 1.165) is 46.4 Å². The lowest BCUT2D eigenvalue weighted by molar-refractivity contribution is 0.0729. The number of aromatic amines is 1. The van der Waals surface area contributed by atoms with Gasteiger partial charge in [0, 0.05) is 53.1 Å². The van der Waals surface area contributed by atoms with Gasteiger partial charge in [-0.05, 0) is 64.3 Å². The lowest BCUT2D eigenvalue weighted by Gasteiger charge is -2.23. The molecule has 1 amide bonds. The molecule has 1 N–H and O–H groups in total. The zero-order chi connectivity index (χ0) is 18.6. The summed E-state index contributed by atoms with van der Waals surface area (Å²) in [6.45, 7) is 8.90. The van der Waals surface area contributed by atoms with Gasteiger partial charge in [0.2, 0.25) is 0 Å². The Balaban J connectivity index is 1.69. The molecule has 26 heavy (non-hydrogen) atoms. The smallest absolute Gasteiger partial charge is 0.254 e. The first-order chi connectivity index (χ1) is 12.4. The molecule has 0 bridgehead atoms. The summed E-state index contributed by atoms with van der Waals surface area (Å²) in [7, 11) is 1.96. The van der Waals surface area contributed by atoms with Crippen molar-refractivity contribution in [1.82, 2.24) is 19.7 Å². The van der Waals surface area contributed by atoms with E-state index in [1.54, 1.807) is 0 Å². The number of nitrogens with one attached hydrogen (secondary N) is 1. The van der Waals surface area contributed by atoms with Crippen LogP contribution in [0.5, 0.6) is 0 Å². The van der Waals surface area contributed by atoms with Crippen molar-refractivity contribution in [2.45, 2.75) is 53.1 Å². The summed E-state index contributed by atoms with van der Waals surface area (Å²) in [4.78, 5) is 18.7. The van der Waals surface area contributed by atoms with E-state index in [1.165, 1.54) is 11.1 Å². The molecular formula is C21H26N4O. The van der Waals surface area contributed by atoms with Crippen molar-refractivity contribution in [3.63, 3.8) is 0 Å². The Morgan fingerprint density at radius 1 is 1.27 bits per heavy atom. The minimum atomic E-state index is 0.121. The summed E-state index contributed by atoms with van der Waals surface area (Å²) in [5.41, 5.74) is 7.54. The summed E-state index contributed by atoms with van der Waals surface area (Å²) < 4.78 is 1.90. The van der Waals surface area contributed by atoms with E-state index in [9.17, 15) is 4.79 Å². The normalized spacial score (nSPS) is 14.2. The summed E-state index contributed by atoms with van der Waals surface area (Å²) in [6.07, 6.45) is 2.18. The van der Waals surface area contributed by atoms with Gasteiger partial charge in [0.25, 0.3) is 5.91 Å². The second-order valence-corrected chi connectivity index (χ2v) is 7.57. The number of benzene rings is 1. The van der Waals surface area contributed by atoms with Crippen molar-refractivity contribution in [3.8, 4) is 0 Å². The van der Waals surface area contributed by atoms with Gasteiger partial charge in [-0.25, -0.2) is 0 Å². The number of hydrogen-bond donors (Lipinski definition) is 1. The van der Waals surface area contributed by atoms with Gasteiger partial charge in [0.15, 0.2) is 0 Å². The molecule has 1 aromatic carbocycles. The van der Waals surface area contributed by atoms with Crippen LogP contribution in [0.3, 0.4) is 0 Å². The summed E-state index contributed by atoms with van der Waals surface area (Å²) in [5, 5.41) is 5.64. The zero-order valence-electron chi connectivity index (χ0n) is 16.2. The highest BCUT2D eigenvalue weighted by atomic mass is 16.2. The van der Waals surface area contributed by atoms with Crippen LogP contribution in [0.2, 0.25) is 0 Å². The number of nitrogens with zero attached hydrogens (tertiary/aromatic N) is 3. The molecule has 0 unspecified atom stereocenters. The van der Waals surface area contributed by atoms with Crippen LogP contribution in [0.25, 0.3) is 10.9 Å². The number of aryl methyl sites for hydroxylation is 4. The molecule has 0 aliphatic heterocycles. The molecule has 3 aromatic rings. The Hall–Kier alpha value is -2.56. The molecule has 136 valence electrons. The number of hydrogen-bond acceptors (Lipinski definition) is 2. The Morgan fingerprint density at radius 3 is 2.62 bits per heavy atom. The van der Waals surface area contributed by atoms with Crippen molar-refractivity contribution in [3.05, 3.63) is 52.0 Å². The summed E-state index contributed by atoms with van der Waals surface area (Å²) in [6, 6.07) is 6.35. The molecule has 4 rings (SSSR count). The first-order valence-corrected chi connectivity index (χ1v) is 9.25. The lowest BCUT2D eigenvalue weighted by atomic mass is 10.1. The van der Waals surface area contributed by atoms with Gasteiger partial charge in [0.05, 0.1) is 5.69 Å². The second kappa shape index (κ2) is 6.01. The molecule has 1 saturated carbocycles. The van der Waals surface area contributed by atoms with Crippen molar-refractivity contribution in [1.29, 1.82) is 0 Å². The van der Waals surface area contributed by atoms with Gasteiger partial charge < -0.3 is 9.88 Å².